The number of hydrogen-bond acceptors (Lipinski definition) is 2. The lowest BCUT2D eigenvalue weighted by atomic mass is 9.91. The summed E-state index contributed by atoms with van der Waals surface area (Å²) in [6.07, 6.45) is 0.775. The van der Waals surface area contributed by atoms with Crippen molar-refractivity contribution < 1.29 is 9.53 Å². The number of ether oxygens (including phenoxy) is 1. The molecule has 0 radical (unpaired) electrons. The van der Waals surface area contributed by atoms with E-state index < -0.39 is 5.41 Å². The molecule has 0 fully saturated rings. The zero-order valence-corrected chi connectivity index (χ0v) is 9.83. The molecule has 0 saturated carbocycles. The Balaban J connectivity index is 2.75. The third-order valence-corrected chi connectivity index (χ3v) is 2.64. The second kappa shape index (κ2) is 4.47. The first-order valence-electron chi connectivity index (χ1n) is 5.24. The van der Waals surface area contributed by atoms with E-state index in [1.165, 1.54) is 0 Å². The first-order valence-corrected chi connectivity index (χ1v) is 5.24. The SMILES string of the molecule is CCC(C)(C)C(=O)Oc1cccc(C)c1. The maximum atomic E-state index is 11.8. The standard InChI is InChI=1S/C13H18O2/c1-5-13(3,4)12(14)15-11-8-6-7-10(2)9-11/h6-9H,5H2,1-4H3. The Hall–Kier alpha value is -1.31. The molecule has 0 spiro atoms. The van der Waals surface area contributed by atoms with Crippen molar-refractivity contribution in [3.05, 3.63) is 29.8 Å². The molecule has 0 amide bonds. The van der Waals surface area contributed by atoms with E-state index in [2.05, 4.69) is 0 Å². The van der Waals surface area contributed by atoms with Crippen LogP contribution in [0.3, 0.4) is 0 Å². The Morgan fingerprint density at radius 1 is 1.40 bits per heavy atom. The second-order valence-corrected chi connectivity index (χ2v) is 4.44. The number of aryl methyl sites for hydroxylation is 1. The van der Waals surface area contributed by atoms with Gasteiger partial charge in [-0.1, -0.05) is 19.1 Å². The van der Waals surface area contributed by atoms with Crippen molar-refractivity contribution in [3.8, 4) is 5.75 Å². The number of rotatable bonds is 3. The summed E-state index contributed by atoms with van der Waals surface area (Å²) >= 11 is 0. The minimum absolute atomic E-state index is 0.171. The number of benzene rings is 1. The lowest BCUT2D eigenvalue weighted by Crippen LogP contribution is -2.28. The van der Waals surface area contributed by atoms with Gasteiger partial charge >= 0.3 is 5.97 Å². The lowest BCUT2D eigenvalue weighted by Gasteiger charge is -2.20. The molecule has 0 aliphatic heterocycles. The van der Waals surface area contributed by atoms with E-state index in [0.717, 1.165) is 12.0 Å². The average molecular weight is 206 g/mol. The molecule has 0 saturated heterocycles. The van der Waals surface area contributed by atoms with E-state index >= 15 is 0 Å². The van der Waals surface area contributed by atoms with Crippen molar-refractivity contribution in [1.82, 2.24) is 0 Å². The molecule has 82 valence electrons. The van der Waals surface area contributed by atoms with Crippen LogP contribution in [-0.2, 0) is 4.79 Å². The molecule has 1 aromatic carbocycles. The van der Waals surface area contributed by atoms with Gasteiger partial charge in [0, 0.05) is 0 Å². The molecule has 2 heteroatoms. The number of carbonyl (C=O) groups is 1. The average Bonchev–Trinajstić information content (AvgIpc) is 2.17. The van der Waals surface area contributed by atoms with Gasteiger partial charge in [0.15, 0.2) is 0 Å². The zero-order valence-electron chi connectivity index (χ0n) is 9.83. The number of hydrogen-bond donors (Lipinski definition) is 0. The summed E-state index contributed by atoms with van der Waals surface area (Å²) in [7, 11) is 0. The predicted molar refractivity (Wildman–Crippen MR) is 60.9 cm³/mol. The van der Waals surface area contributed by atoms with Gasteiger partial charge in [-0.25, -0.2) is 0 Å². The zero-order chi connectivity index (χ0) is 11.5. The fourth-order valence-corrected chi connectivity index (χ4v) is 1.07. The van der Waals surface area contributed by atoms with Crippen LogP contribution in [-0.4, -0.2) is 5.97 Å². The van der Waals surface area contributed by atoms with Gasteiger partial charge in [-0.3, -0.25) is 4.79 Å². The van der Waals surface area contributed by atoms with E-state index in [4.69, 9.17) is 4.74 Å². The van der Waals surface area contributed by atoms with Gasteiger partial charge in [0.05, 0.1) is 5.41 Å². The Bertz CT molecular complexity index is 353. The molecule has 0 aliphatic carbocycles. The summed E-state index contributed by atoms with van der Waals surface area (Å²) in [6.45, 7) is 7.75. The van der Waals surface area contributed by atoms with Crippen LogP contribution in [0.4, 0.5) is 0 Å². The van der Waals surface area contributed by atoms with E-state index in [1.807, 2.05) is 45.9 Å². The van der Waals surface area contributed by atoms with Crippen LogP contribution >= 0.6 is 0 Å². The maximum Gasteiger partial charge on any atom is 0.316 e. The fraction of sp³-hybridized carbons (Fsp3) is 0.462. The van der Waals surface area contributed by atoms with E-state index in [9.17, 15) is 4.79 Å². The van der Waals surface area contributed by atoms with Crippen LogP contribution in [0.15, 0.2) is 24.3 Å². The number of esters is 1. The highest BCUT2D eigenvalue weighted by Crippen LogP contribution is 2.23. The quantitative estimate of drug-likeness (QED) is 0.560. The van der Waals surface area contributed by atoms with Crippen LogP contribution in [0.5, 0.6) is 5.75 Å². The summed E-state index contributed by atoms with van der Waals surface area (Å²) in [5.41, 5.74) is 0.679. The molecular formula is C13H18O2. The molecule has 0 heterocycles. The Morgan fingerprint density at radius 2 is 2.07 bits per heavy atom. The molecule has 0 aromatic heterocycles. The van der Waals surface area contributed by atoms with Crippen LogP contribution in [0.1, 0.15) is 32.8 Å². The van der Waals surface area contributed by atoms with Gasteiger partial charge in [0.1, 0.15) is 5.75 Å². The van der Waals surface area contributed by atoms with Gasteiger partial charge in [0.25, 0.3) is 0 Å². The summed E-state index contributed by atoms with van der Waals surface area (Å²) < 4.78 is 5.31. The summed E-state index contributed by atoms with van der Waals surface area (Å²) in [4.78, 5) is 11.8. The Labute approximate surface area is 91.3 Å². The highest BCUT2D eigenvalue weighted by atomic mass is 16.5. The summed E-state index contributed by atoms with van der Waals surface area (Å²) in [5, 5.41) is 0. The van der Waals surface area contributed by atoms with Crippen molar-refractivity contribution >= 4 is 5.97 Å². The smallest absolute Gasteiger partial charge is 0.316 e. The number of carbonyl (C=O) groups excluding carboxylic acids is 1. The molecule has 0 aliphatic rings. The first-order chi connectivity index (χ1) is 6.95. The van der Waals surface area contributed by atoms with Crippen LogP contribution in [0, 0.1) is 12.3 Å². The predicted octanol–water partition coefficient (Wildman–Crippen LogP) is 3.34. The van der Waals surface area contributed by atoms with E-state index in [1.54, 1.807) is 6.07 Å². The summed E-state index contributed by atoms with van der Waals surface area (Å²) in [6, 6.07) is 7.53. The molecule has 2 nitrogen and oxygen atoms in total. The third kappa shape index (κ3) is 3.08. The van der Waals surface area contributed by atoms with Crippen LogP contribution in [0.2, 0.25) is 0 Å². The highest BCUT2D eigenvalue weighted by molar-refractivity contribution is 5.78. The van der Waals surface area contributed by atoms with Gasteiger partial charge in [-0.05, 0) is 44.9 Å². The van der Waals surface area contributed by atoms with E-state index in [-0.39, 0.29) is 5.97 Å². The van der Waals surface area contributed by atoms with Gasteiger partial charge in [-0.15, -0.1) is 0 Å². The van der Waals surface area contributed by atoms with Crippen LogP contribution < -0.4 is 4.74 Å². The van der Waals surface area contributed by atoms with Crippen molar-refractivity contribution in [1.29, 1.82) is 0 Å². The van der Waals surface area contributed by atoms with Crippen molar-refractivity contribution in [2.45, 2.75) is 34.1 Å². The Kier molecular flexibility index (Phi) is 3.51. The molecule has 15 heavy (non-hydrogen) atoms. The van der Waals surface area contributed by atoms with Gasteiger partial charge in [0.2, 0.25) is 0 Å². The molecule has 0 unspecified atom stereocenters. The third-order valence-electron chi connectivity index (χ3n) is 2.64. The van der Waals surface area contributed by atoms with Crippen molar-refractivity contribution in [2.24, 2.45) is 5.41 Å². The monoisotopic (exact) mass is 206 g/mol. The molecular weight excluding hydrogens is 188 g/mol. The van der Waals surface area contributed by atoms with Gasteiger partial charge < -0.3 is 4.74 Å². The second-order valence-electron chi connectivity index (χ2n) is 4.44. The topological polar surface area (TPSA) is 26.3 Å². The fourth-order valence-electron chi connectivity index (χ4n) is 1.07. The highest BCUT2D eigenvalue weighted by Gasteiger charge is 2.27. The first kappa shape index (κ1) is 11.8. The van der Waals surface area contributed by atoms with Crippen molar-refractivity contribution in [3.63, 3.8) is 0 Å². The van der Waals surface area contributed by atoms with E-state index in [0.29, 0.717) is 5.75 Å². The molecule has 0 atom stereocenters. The van der Waals surface area contributed by atoms with Crippen LogP contribution in [0.25, 0.3) is 0 Å². The minimum Gasteiger partial charge on any atom is -0.426 e. The summed E-state index contributed by atoms with van der Waals surface area (Å²) in [5.74, 6) is 0.456. The minimum atomic E-state index is -0.413. The normalized spacial score (nSPS) is 11.2. The van der Waals surface area contributed by atoms with Gasteiger partial charge in [-0.2, -0.15) is 0 Å². The lowest BCUT2D eigenvalue weighted by molar-refractivity contribution is -0.144. The van der Waals surface area contributed by atoms with Crippen molar-refractivity contribution in [2.75, 3.05) is 0 Å². The molecule has 1 rings (SSSR count). The molecule has 0 bridgehead atoms. The molecule has 1 aromatic rings. The largest absolute Gasteiger partial charge is 0.426 e. The Morgan fingerprint density at radius 3 is 2.60 bits per heavy atom. The maximum absolute atomic E-state index is 11.8. The molecule has 0 N–H and O–H groups in total.